The first kappa shape index (κ1) is 25.8. The van der Waals surface area contributed by atoms with Crippen molar-refractivity contribution >= 4 is 39.1 Å². The molecule has 3 aliphatic rings. The highest BCUT2D eigenvalue weighted by molar-refractivity contribution is 6.36. The van der Waals surface area contributed by atoms with Crippen LogP contribution in [0.2, 0.25) is 5.02 Å². The number of fused-ring (bicyclic) bond motifs is 3. The molecule has 4 aromatic rings. The summed E-state index contributed by atoms with van der Waals surface area (Å²) in [6, 6.07) is 8.40. The van der Waals surface area contributed by atoms with Crippen LogP contribution in [0.5, 0.6) is 6.01 Å². The van der Waals surface area contributed by atoms with Crippen LogP contribution in [0.15, 0.2) is 36.5 Å². The molecule has 0 spiro atoms. The Hall–Kier alpha value is -3.14. The van der Waals surface area contributed by atoms with E-state index in [2.05, 4.69) is 20.2 Å². The zero-order valence-electron chi connectivity index (χ0n) is 22.4. The fourth-order valence-corrected chi connectivity index (χ4v) is 6.96. The van der Waals surface area contributed by atoms with Gasteiger partial charge in [-0.3, -0.25) is 9.88 Å². The van der Waals surface area contributed by atoms with Gasteiger partial charge in [0.2, 0.25) is 0 Å². The lowest BCUT2D eigenvalue weighted by molar-refractivity contribution is 0.108. The van der Waals surface area contributed by atoms with Gasteiger partial charge in [0.15, 0.2) is 5.82 Å². The van der Waals surface area contributed by atoms with Gasteiger partial charge in [0, 0.05) is 49.7 Å². The summed E-state index contributed by atoms with van der Waals surface area (Å²) in [6.45, 7) is 5.28. The zero-order valence-corrected chi connectivity index (χ0v) is 23.1. The minimum absolute atomic E-state index is 0.00765. The summed E-state index contributed by atoms with van der Waals surface area (Å²) in [5.74, 6) is -0.116. The molecule has 40 heavy (non-hydrogen) atoms. The van der Waals surface area contributed by atoms with Crippen molar-refractivity contribution in [2.75, 3.05) is 51.3 Å². The molecule has 0 amide bonds. The van der Waals surface area contributed by atoms with Crippen LogP contribution in [-0.2, 0) is 0 Å². The Morgan fingerprint density at radius 2 is 1.93 bits per heavy atom. The van der Waals surface area contributed by atoms with Gasteiger partial charge in [0.05, 0.1) is 15.9 Å². The van der Waals surface area contributed by atoms with E-state index >= 15 is 4.39 Å². The molecular formula is C30H31ClF2N6O. The Kier molecular flexibility index (Phi) is 6.48. The van der Waals surface area contributed by atoms with Crippen molar-refractivity contribution in [3.63, 3.8) is 0 Å². The van der Waals surface area contributed by atoms with Crippen LogP contribution in [0.3, 0.4) is 0 Å². The first-order chi connectivity index (χ1) is 19.4. The van der Waals surface area contributed by atoms with Crippen molar-refractivity contribution in [1.82, 2.24) is 25.2 Å². The van der Waals surface area contributed by atoms with E-state index in [9.17, 15) is 4.39 Å². The van der Waals surface area contributed by atoms with Gasteiger partial charge in [-0.2, -0.15) is 9.97 Å². The molecule has 0 atom stereocenters. The van der Waals surface area contributed by atoms with Gasteiger partial charge in [-0.15, -0.1) is 0 Å². The second-order valence-corrected chi connectivity index (χ2v) is 11.8. The van der Waals surface area contributed by atoms with Crippen LogP contribution >= 0.6 is 11.6 Å². The molecule has 10 heteroatoms. The summed E-state index contributed by atoms with van der Waals surface area (Å²) in [5, 5.41) is 4.85. The maximum Gasteiger partial charge on any atom is 0.319 e. The Labute approximate surface area is 236 Å². The topological polar surface area (TPSA) is 66.4 Å². The molecule has 7 rings (SSSR count). The van der Waals surface area contributed by atoms with Gasteiger partial charge in [0.25, 0.3) is 0 Å². The fraction of sp³-hybridized carbons (Fsp3) is 0.433. The summed E-state index contributed by atoms with van der Waals surface area (Å²) in [7, 11) is 1.96. The van der Waals surface area contributed by atoms with Gasteiger partial charge >= 0.3 is 6.01 Å². The summed E-state index contributed by atoms with van der Waals surface area (Å²) in [6.07, 6.45) is 6.08. The number of pyridine rings is 1. The normalized spacial score (nSPS) is 18.8. The van der Waals surface area contributed by atoms with Crippen molar-refractivity contribution in [1.29, 1.82) is 0 Å². The first-order valence-electron chi connectivity index (χ1n) is 14.0. The number of nitrogens with zero attached hydrogens (tertiary/aromatic N) is 5. The molecule has 5 heterocycles. The minimum atomic E-state index is -0.612. The van der Waals surface area contributed by atoms with Crippen LogP contribution in [0, 0.1) is 17.6 Å². The molecule has 2 aromatic carbocycles. The van der Waals surface area contributed by atoms with Crippen molar-refractivity contribution in [3.05, 3.63) is 53.2 Å². The average molecular weight is 565 g/mol. The van der Waals surface area contributed by atoms with E-state index in [1.165, 1.54) is 6.07 Å². The molecule has 0 saturated carbocycles. The van der Waals surface area contributed by atoms with Gasteiger partial charge in [-0.25, -0.2) is 8.78 Å². The molecule has 7 nitrogen and oxygen atoms in total. The van der Waals surface area contributed by atoms with Crippen molar-refractivity contribution in [2.24, 2.45) is 5.92 Å². The molecular weight excluding hydrogens is 534 g/mol. The van der Waals surface area contributed by atoms with Crippen LogP contribution in [0.4, 0.5) is 14.6 Å². The van der Waals surface area contributed by atoms with Crippen LogP contribution in [0.25, 0.3) is 32.9 Å². The van der Waals surface area contributed by atoms with E-state index in [0.29, 0.717) is 40.1 Å². The van der Waals surface area contributed by atoms with Gasteiger partial charge in [-0.05, 0) is 50.2 Å². The van der Waals surface area contributed by atoms with Gasteiger partial charge in [0.1, 0.15) is 29.5 Å². The quantitative estimate of drug-likeness (QED) is 0.321. The minimum Gasteiger partial charge on any atom is -0.461 e. The molecule has 208 valence electrons. The fourth-order valence-electron chi connectivity index (χ4n) is 6.68. The number of aromatic nitrogens is 3. The lowest BCUT2D eigenvalue weighted by Gasteiger charge is -2.33. The molecule has 3 saturated heterocycles. The molecule has 2 aromatic heterocycles. The number of hydrogen-bond donors (Lipinski definition) is 1. The molecule has 0 bridgehead atoms. The van der Waals surface area contributed by atoms with E-state index in [1.54, 1.807) is 24.4 Å². The predicted octanol–water partition coefficient (Wildman–Crippen LogP) is 5.44. The maximum atomic E-state index is 16.5. The van der Waals surface area contributed by atoms with E-state index in [0.717, 1.165) is 58.4 Å². The smallest absolute Gasteiger partial charge is 0.319 e. The van der Waals surface area contributed by atoms with Crippen LogP contribution in [0.1, 0.15) is 25.7 Å². The number of halogens is 3. The second kappa shape index (κ2) is 10.0. The van der Waals surface area contributed by atoms with Crippen LogP contribution in [-0.4, -0.2) is 71.8 Å². The monoisotopic (exact) mass is 564 g/mol. The van der Waals surface area contributed by atoms with Crippen molar-refractivity contribution < 1.29 is 13.5 Å². The van der Waals surface area contributed by atoms with Gasteiger partial charge in [-0.1, -0.05) is 35.9 Å². The lowest BCUT2D eigenvalue weighted by Crippen LogP contribution is -2.47. The number of ether oxygens (including phenoxy) is 1. The number of anilines is 1. The summed E-state index contributed by atoms with van der Waals surface area (Å²) in [4.78, 5) is 18.4. The third kappa shape index (κ3) is 4.26. The molecule has 3 fully saturated rings. The summed E-state index contributed by atoms with van der Waals surface area (Å²) >= 11 is 6.37. The Morgan fingerprint density at radius 1 is 1.12 bits per heavy atom. The molecule has 1 N–H and O–H groups in total. The zero-order chi connectivity index (χ0) is 27.4. The largest absolute Gasteiger partial charge is 0.461 e. The third-order valence-corrected chi connectivity index (χ3v) is 9.24. The highest BCUT2D eigenvalue weighted by Crippen LogP contribution is 2.40. The van der Waals surface area contributed by atoms with E-state index < -0.39 is 11.6 Å². The van der Waals surface area contributed by atoms with Gasteiger partial charge < -0.3 is 15.0 Å². The van der Waals surface area contributed by atoms with Crippen LogP contribution < -0.4 is 15.0 Å². The van der Waals surface area contributed by atoms with E-state index in [-0.39, 0.29) is 27.8 Å². The van der Waals surface area contributed by atoms with Crippen molar-refractivity contribution in [2.45, 2.75) is 31.2 Å². The molecule has 3 aliphatic heterocycles. The Balaban J connectivity index is 1.34. The molecule has 0 radical (unpaired) electrons. The summed E-state index contributed by atoms with van der Waals surface area (Å²) < 4.78 is 37.2. The highest BCUT2D eigenvalue weighted by atomic mass is 35.5. The first-order valence-corrected chi connectivity index (χ1v) is 14.3. The third-order valence-electron chi connectivity index (χ3n) is 8.87. The Bertz CT molecular complexity index is 1600. The van der Waals surface area contributed by atoms with Crippen molar-refractivity contribution in [3.8, 4) is 17.3 Å². The predicted molar refractivity (Wildman–Crippen MR) is 153 cm³/mol. The Morgan fingerprint density at radius 3 is 2.67 bits per heavy atom. The number of benzene rings is 2. The molecule has 0 unspecified atom stereocenters. The molecule has 0 aliphatic carbocycles. The number of rotatable bonds is 7. The standard InChI is InChI=1S/C30H31ClF2N6O/c1-38(16-18-13-34-14-18)28-21-15-35-26(20-6-2-5-19-7-8-22(32)24(31)23(19)20)25(33)27(21)36-29(37-28)40-17-30-9-3-11-39(30)12-4-10-30/h2,5-8,15,18,34H,3-4,9-14,16-17H2,1H3. The second-order valence-electron chi connectivity index (χ2n) is 11.4. The highest BCUT2D eigenvalue weighted by Gasteiger charge is 2.45. The lowest BCUT2D eigenvalue weighted by atomic mass is 9.95. The number of nitrogens with one attached hydrogen (secondary N) is 1. The average Bonchev–Trinajstić information content (AvgIpc) is 3.52. The maximum absolute atomic E-state index is 16.5. The summed E-state index contributed by atoms with van der Waals surface area (Å²) in [5.41, 5.74) is 0.598. The SMILES string of the molecule is CN(CC1CNC1)c1nc(OCC23CCCN2CCC3)nc2c(F)c(-c3cccc4ccc(F)c(Cl)c34)ncc12. The van der Waals surface area contributed by atoms with E-state index in [1.807, 2.05) is 18.0 Å². The van der Waals surface area contributed by atoms with E-state index in [4.69, 9.17) is 21.3 Å². The number of hydrogen-bond acceptors (Lipinski definition) is 7.